The molecular weight excluding hydrogens is 282 g/mol. The summed E-state index contributed by atoms with van der Waals surface area (Å²) >= 11 is 1.47. The molecule has 1 aromatic carbocycles. The average molecular weight is 305 g/mol. The monoisotopic (exact) mass is 305 g/mol. The summed E-state index contributed by atoms with van der Waals surface area (Å²) in [4.78, 5) is 1.18. The van der Waals surface area contributed by atoms with Gasteiger partial charge < -0.3 is 10.1 Å². The highest BCUT2D eigenvalue weighted by Crippen LogP contribution is 2.36. The number of ether oxygens (including phenoxy) is 1. The summed E-state index contributed by atoms with van der Waals surface area (Å²) in [5.74, 6) is 0.925. The number of benzene rings is 1. The molecule has 0 fully saturated rings. The van der Waals surface area contributed by atoms with Crippen molar-refractivity contribution in [3.63, 3.8) is 0 Å². The molecule has 0 saturated carbocycles. The van der Waals surface area contributed by atoms with Crippen LogP contribution in [0.1, 0.15) is 47.2 Å². The number of nitrogens with zero attached hydrogens (tertiary/aromatic N) is 2. The lowest BCUT2D eigenvalue weighted by molar-refractivity contribution is 0.403. The van der Waals surface area contributed by atoms with Crippen molar-refractivity contribution in [2.24, 2.45) is 0 Å². The lowest BCUT2D eigenvalue weighted by atomic mass is 9.95. The molecular formula is C16H23N3OS. The Morgan fingerprint density at radius 3 is 2.67 bits per heavy atom. The summed E-state index contributed by atoms with van der Waals surface area (Å²) in [6, 6.07) is 4.37. The Morgan fingerprint density at radius 2 is 2.05 bits per heavy atom. The van der Waals surface area contributed by atoms with Crippen molar-refractivity contribution in [1.82, 2.24) is 14.9 Å². The zero-order valence-corrected chi connectivity index (χ0v) is 14.2. The van der Waals surface area contributed by atoms with Gasteiger partial charge in [0.2, 0.25) is 0 Å². The van der Waals surface area contributed by atoms with Crippen molar-refractivity contribution in [1.29, 1.82) is 0 Å². The van der Waals surface area contributed by atoms with Gasteiger partial charge in [0, 0.05) is 5.56 Å². The summed E-state index contributed by atoms with van der Waals surface area (Å²) < 4.78 is 9.76. The third-order valence-electron chi connectivity index (χ3n) is 3.59. The molecule has 0 aliphatic carbocycles. The van der Waals surface area contributed by atoms with Gasteiger partial charge in [0.15, 0.2) is 0 Å². The maximum Gasteiger partial charge on any atom is 0.124 e. The van der Waals surface area contributed by atoms with Crippen molar-refractivity contribution >= 4 is 11.5 Å². The Labute approximate surface area is 130 Å². The van der Waals surface area contributed by atoms with E-state index in [-0.39, 0.29) is 6.04 Å². The molecule has 5 heteroatoms. The van der Waals surface area contributed by atoms with Crippen LogP contribution in [0.4, 0.5) is 0 Å². The minimum Gasteiger partial charge on any atom is -0.496 e. The molecule has 0 radical (unpaired) electrons. The van der Waals surface area contributed by atoms with E-state index < -0.39 is 0 Å². The molecule has 1 N–H and O–H groups in total. The number of aryl methyl sites for hydroxylation is 3. The lowest BCUT2D eigenvalue weighted by Crippen LogP contribution is -2.23. The first kappa shape index (κ1) is 15.9. The zero-order valence-electron chi connectivity index (χ0n) is 13.4. The molecule has 2 aromatic rings. The highest BCUT2D eigenvalue weighted by Gasteiger charge is 2.24. The molecule has 4 nitrogen and oxygen atoms in total. The number of nitrogens with one attached hydrogen (secondary N) is 1. The van der Waals surface area contributed by atoms with Crippen LogP contribution in [0.3, 0.4) is 0 Å². The van der Waals surface area contributed by atoms with Gasteiger partial charge in [-0.25, -0.2) is 0 Å². The smallest absolute Gasteiger partial charge is 0.124 e. The van der Waals surface area contributed by atoms with Crippen LogP contribution in [-0.4, -0.2) is 23.2 Å². The summed E-state index contributed by atoms with van der Waals surface area (Å²) in [6.45, 7) is 9.33. The molecule has 114 valence electrons. The highest BCUT2D eigenvalue weighted by molar-refractivity contribution is 7.05. The van der Waals surface area contributed by atoms with E-state index in [9.17, 15) is 0 Å². The number of aromatic nitrogens is 2. The third kappa shape index (κ3) is 3.24. The van der Waals surface area contributed by atoms with Gasteiger partial charge >= 0.3 is 0 Å². The van der Waals surface area contributed by atoms with E-state index >= 15 is 0 Å². The van der Waals surface area contributed by atoms with Crippen LogP contribution in [0.2, 0.25) is 0 Å². The van der Waals surface area contributed by atoms with Crippen LogP contribution in [0.25, 0.3) is 0 Å². The van der Waals surface area contributed by atoms with Gasteiger partial charge in [-0.3, -0.25) is 0 Å². The molecule has 2 rings (SSSR count). The normalized spacial score (nSPS) is 12.4. The van der Waals surface area contributed by atoms with Gasteiger partial charge in [-0.1, -0.05) is 24.4 Å². The summed E-state index contributed by atoms with van der Waals surface area (Å²) in [6.07, 6.45) is 0.890. The summed E-state index contributed by atoms with van der Waals surface area (Å²) in [5.41, 5.74) is 4.69. The Hall–Kier alpha value is -1.46. The van der Waals surface area contributed by atoms with Crippen LogP contribution in [0.15, 0.2) is 12.1 Å². The molecule has 1 aromatic heterocycles. The highest BCUT2D eigenvalue weighted by atomic mass is 32.1. The molecule has 1 atom stereocenters. The Morgan fingerprint density at radius 1 is 1.29 bits per heavy atom. The minimum absolute atomic E-state index is 0.0838. The summed E-state index contributed by atoms with van der Waals surface area (Å²) in [7, 11) is 1.73. The molecule has 1 heterocycles. The first-order valence-electron chi connectivity index (χ1n) is 7.31. The van der Waals surface area contributed by atoms with E-state index in [1.165, 1.54) is 33.1 Å². The van der Waals surface area contributed by atoms with Crippen LogP contribution in [0, 0.1) is 13.8 Å². The fourth-order valence-corrected chi connectivity index (χ4v) is 3.51. The second-order valence-electron chi connectivity index (χ2n) is 5.13. The Balaban J connectivity index is 2.58. The van der Waals surface area contributed by atoms with E-state index in [0.717, 1.165) is 24.4 Å². The van der Waals surface area contributed by atoms with E-state index in [2.05, 4.69) is 54.7 Å². The number of hydrogen-bond donors (Lipinski definition) is 1. The van der Waals surface area contributed by atoms with E-state index in [0.29, 0.717) is 0 Å². The number of methoxy groups -OCH3 is 1. The van der Waals surface area contributed by atoms with E-state index in [1.54, 1.807) is 7.11 Å². The van der Waals surface area contributed by atoms with Gasteiger partial charge in [-0.15, -0.1) is 5.10 Å². The maximum absolute atomic E-state index is 5.63. The standard InChI is InChI=1S/C16H23N3OS/c1-6-12-16(21-19-18-12)15(17-7-2)14-11(4)8-10(3)9-13(14)20-5/h8-9,15,17H,6-7H2,1-5H3. The quantitative estimate of drug-likeness (QED) is 0.888. The van der Waals surface area contributed by atoms with Gasteiger partial charge in [0.1, 0.15) is 5.75 Å². The molecule has 1 unspecified atom stereocenters. The number of hydrogen-bond acceptors (Lipinski definition) is 5. The fourth-order valence-electron chi connectivity index (χ4n) is 2.69. The first-order chi connectivity index (χ1) is 10.1. The van der Waals surface area contributed by atoms with E-state index in [1.807, 2.05) is 0 Å². The molecule has 21 heavy (non-hydrogen) atoms. The van der Waals surface area contributed by atoms with Crippen LogP contribution in [-0.2, 0) is 6.42 Å². The van der Waals surface area contributed by atoms with Crippen LogP contribution >= 0.6 is 11.5 Å². The molecule has 0 bridgehead atoms. The minimum atomic E-state index is 0.0838. The summed E-state index contributed by atoms with van der Waals surface area (Å²) in [5, 5.41) is 7.82. The first-order valence-corrected chi connectivity index (χ1v) is 8.09. The van der Waals surface area contributed by atoms with Crippen LogP contribution in [0.5, 0.6) is 5.75 Å². The van der Waals surface area contributed by atoms with Crippen molar-refractivity contribution in [2.75, 3.05) is 13.7 Å². The molecule has 0 saturated heterocycles. The molecule has 0 aliphatic heterocycles. The second kappa shape index (κ2) is 7.00. The Kier molecular flexibility index (Phi) is 5.31. The van der Waals surface area contributed by atoms with Crippen molar-refractivity contribution in [3.8, 4) is 5.75 Å². The Bertz CT molecular complexity index is 610. The lowest BCUT2D eigenvalue weighted by Gasteiger charge is -2.22. The van der Waals surface area contributed by atoms with Crippen LogP contribution < -0.4 is 10.1 Å². The second-order valence-corrected chi connectivity index (χ2v) is 5.91. The topological polar surface area (TPSA) is 47.0 Å². The SMILES string of the molecule is CCNC(c1snnc1CC)c1c(C)cc(C)cc1OC. The van der Waals surface area contributed by atoms with Gasteiger partial charge in [-0.05, 0) is 55.5 Å². The van der Waals surface area contributed by atoms with E-state index in [4.69, 9.17) is 4.74 Å². The molecule has 0 amide bonds. The van der Waals surface area contributed by atoms with Crippen molar-refractivity contribution in [2.45, 2.75) is 40.2 Å². The molecule has 0 spiro atoms. The average Bonchev–Trinajstić information content (AvgIpc) is 2.93. The largest absolute Gasteiger partial charge is 0.496 e. The van der Waals surface area contributed by atoms with Gasteiger partial charge in [0.25, 0.3) is 0 Å². The number of rotatable bonds is 6. The fraction of sp³-hybridized carbons (Fsp3) is 0.500. The predicted molar refractivity (Wildman–Crippen MR) is 87.3 cm³/mol. The molecule has 0 aliphatic rings. The van der Waals surface area contributed by atoms with Gasteiger partial charge in [0.05, 0.1) is 23.7 Å². The van der Waals surface area contributed by atoms with Crippen molar-refractivity contribution < 1.29 is 4.74 Å². The predicted octanol–water partition coefficient (Wildman–Crippen LogP) is 3.42. The van der Waals surface area contributed by atoms with Crippen molar-refractivity contribution in [3.05, 3.63) is 39.4 Å². The zero-order chi connectivity index (χ0) is 15.4. The third-order valence-corrected chi connectivity index (χ3v) is 4.42. The van der Waals surface area contributed by atoms with Gasteiger partial charge in [-0.2, -0.15) is 0 Å². The maximum atomic E-state index is 5.63.